The Hall–Kier alpha value is -0.520. The van der Waals surface area contributed by atoms with E-state index in [9.17, 15) is 40.9 Å². The van der Waals surface area contributed by atoms with E-state index >= 15 is 0 Å². The van der Waals surface area contributed by atoms with Gasteiger partial charge in [0, 0.05) is 18.6 Å². The van der Waals surface area contributed by atoms with Gasteiger partial charge < -0.3 is 65.5 Å². The summed E-state index contributed by atoms with van der Waals surface area (Å²) in [6, 6.07) is -0.533. The first-order valence-corrected chi connectivity index (χ1v) is 10.3. The summed E-state index contributed by atoms with van der Waals surface area (Å²) in [5.74, 6) is -0.621. The van der Waals surface area contributed by atoms with Crippen molar-refractivity contribution in [2.45, 2.75) is 93.0 Å². The van der Waals surface area contributed by atoms with Crippen LogP contribution in [0.3, 0.4) is 0 Å². The minimum atomic E-state index is -1.69. The number of hydrogen-bond donors (Lipinski definition) is 9. The highest BCUT2D eigenvalue weighted by atomic mass is 16.7. The fourth-order valence-corrected chi connectivity index (χ4v) is 4.32. The van der Waals surface area contributed by atoms with Gasteiger partial charge in [-0.2, -0.15) is 0 Å². The van der Waals surface area contributed by atoms with Crippen molar-refractivity contribution >= 4 is 0 Å². The maximum absolute atomic E-state index is 10.6. The van der Waals surface area contributed by atoms with E-state index in [4.69, 9.17) is 24.7 Å². The van der Waals surface area contributed by atoms with Crippen molar-refractivity contribution in [1.29, 1.82) is 0 Å². The molecule has 0 bridgehead atoms. The molecular formula is C18H33NO12. The molecule has 4 unspecified atom stereocenters. The predicted octanol–water partition coefficient (Wildman–Crippen LogP) is -5.28. The van der Waals surface area contributed by atoms with Gasteiger partial charge in [-0.1, -0.05) is 0 Å². The Balaban J connectivity index is 1.69. The molecule has 1 aliphatic carbocycles. The van der Waals surface area contributed by atoms with Crippen LogP contribution in [0.15, 0.2) is 0 Å². The SMILES string of the molecule is C[C@H]1O[C@@H](O[C@@H]2[C@@H](O)[C@@H](O)[C@@H](OC3C(O)CC(N)C3CO)O[C@H]2CO)[C@H](O)[C@@H](O)[C@@H]1O. The average Bonchev–Trinajstić information content (AvgIpc) is 3.01. The van der Waals surface area contributed by atoms with Crippen molar-refractivity contribution < 1.29 is 59.8 Å². The summed E-state index contributed by atoms with van der Waals surface area (Å²) in [5, 5.41) is 80.3. The third kappa shape index (κ3) is 4.89. The number of ether oxygens (including phenoxy) is 4. The van der Waals surface area contributed by atoms with Crippen molar-refractivity contribution in [1.82, 2.24) is 0 Å². The van der Waals surface area contributed by atoms with Crippen LogP contribution in [0.4, 0.5) is 0 Å². The highest BCUT2D eigenvalue weighted by molar-refractivity contribution is 4.97. The first-order chi connectivity index (χ1) is 14.6. The normalized spacial score (nSPS) is 53.6. The molecule has 0 radical (unpaired) electrons. The van der Waals surface area contributed by atoms with E-state index in [0.717, 1.165) is 0 Å². The third-order valence-electron chi connectivity index (χ3n) is 6.29. The van der Waals surface area contributed by atoms with Crippen molar-refractivity contribution in [2.24, 2.45) is 11.7 Å². The van der Waals surface area contributed by atoms with Gasteiger partial charge in [-0.3, -0.25) is 0 Å². The zero-order valence-electron chi connectivity index (χ0n) is 17.0. The highest BCUT2D eigenvalue weighted by Gasteiger charge is 2.52. The quantitative estimate of drug-likeness (QED) is 0.183. The molecule has 2 heterocycles. The molecule has 3 rings (SSSR count). The van der Waals surface area contributed by atoms with Gasteiger partial charge in [0.1, 0.15) is 42.7 Å². The topological polar surface area (TPSA) is 225 Å². The zero-order chi connectivity index (χ0) is 23.0. The van der Waals surface area contributed by atoms with Crippen LogP contribution < -0.4 is 5.73 Å². The van der Waals surface area contributed by atoms with E-state index in [2.05, 4.69) is 0 Å². The van der Waals surface area contributed by atoms with Crippen molar-refractivity contribution in [3.63, 3.8) is 0 Å². The molecule has 10 N–H and O–H groups in total. The Morgan fingerprint density at radius 2 is 1.35 bits per heavy atom. The van der Waals surface area contributed by atoms with Gasteiger partial charge in [0.05, 0.1) is 24.9 Å². The molecule has 0 amide bonds. The van der Waals surface area contributed by atoms with E-state index in [1.54, 1.807) is 0 Å². The summed E-state index contributed by atoms with van der Waals surface area (Å²) in [6.07, 6.45) is -16.3. The Morgan fingerprint density at radius 1 is 0.774 bits per heavy atom. The summed E-state index contributed by atoms with van der Waals surface area (Å²) in [4.78, 5) is 0. The van der Waals surface area contributed by atoms with Crippen LogP contribution >= 0.6 is 0 Å². The van der Waals surface area contributed by atoms with Gasteiger partial charge in [-0.25, -0.2) is 0 Å². The second-order valence-corrected chi connectivity index (χ2v) is 8.40. The van der Waals surface area contributed by atoms with Crippen LogP contribution in [0.1, 0.15) is 13.3 Å². The van der Waals surface area contributed by atoms with Crippen LogP contribution in [0.25, 0.3) is 0 Å². The predicted molar refractivity (Wildman–Crippen MR) is 99.0 cm³/mol. The van der Waals surface area contributed by atoms with Crippen molar-refractivity contribution in [2.75, 3.05) is 13.2 Å². The smallest absolute Gasteiger partial charge is 0.187 e. The van der Waals surface area contributed by atoms with Gasteiger partial charge >= 0.3 is 0 Å². The second-order valence-electron chi connectivity index (χ2n) is 8.40. The molecule has 2 aliphatic heterocycles. The van der Waals surface area contributed by atoms with Crippen molar-refractivity contribution in [3.8, 4) is 0 Å². The summed E-state index contributed by atoms with van der Waals surface area (Å²) >= 11 is 0. The highest BCUT2D eigenvalue weighted by Crippen LogP contribution is 2.33. The molecule has 14 atom stereocenters. The molecule has 3 aliphatic rings. The molecule has 1 saturated carbocycles. The maximum atomic E-state index is 10.6. The molecule has 0 spiro atoms. The van der Waals surface area contributed by atoms with Crippen molar-refractivity contribution in [3.05, 3.63) is 0 Å². The molecule has 13 nitrogen and oxygen atoms in total. The molecular weight excluding hydrogens is 422 g/mol. The van der Waals surface area contributed by atoms with Crippen LogP contribution in [-0.2, 0) is 18.9 Å². The molecule has 0 aromatic heterocycles. The van der Waals surface area contributed by atoms with Gasteiger partial charge in [0.25, 0.3) is 0 Å². The molecule has 31 heavy (non-hydrogen) atoms. The molecule has 182 valence electrons. The number of aliphatic hydroxyl groups excluding tert-OH is 8. The maximum Gasteiger partial charge on any atom is 0.187 e. The minimum Gasteiger partial charge on any atom is -0.396 e. The Kier molecular flexibility index (Phi) is 8.24. The lowest BCUT2D eigenvalue weighted by molar-refractivity contribution is -0.362. The lowest BCUT2D eigenvalue weighted by Crippen LogP contribution is -2.64. The summed E-state index contributed by atoms with van der Waals surface area (Å²) < 4.78 is 22.0. The standard InChI is InChI=1S/C18H33NO12/c1-5-10(23)11(24)13(26)17(28-5)31-16-9(4-21)29-18(14(27)12(16)25)30-15-6(3-20)7(19)2-8(15)22/h5-18,20-27H,2-4,19H2,1H3/t5-,6?,7?,8?,9+,10-,11+,12+,13-,14-,15?,16+,17+,18-/m1/s1. The Morgan fingerprint density at radius 3 is 1.97 bits per heavy atom. The van der Waals surface area contributed by atoms with E-state index in [-0.39, 0.29) is 13.0 Å². The van der Waals surface area contributed by atoms with Crippen LogP contribution in [-0.4, -0.2) is 134 Å². The molecule has 0 aromatic carbocycles. The second kappa shape index (κ2) is 10.2. The number of rotatable bonds is 6. The van der Waals surface area contributed by atoms with Gasteiger partial charge in [0.2, 0.25) is 0 Å². The molecule has 13 heteroatoms. The van der Waals surface area contributed by atoms with E-state index in [1.165, 1.54) is 6.92 Å². The number of aliphatic hydroxyl groups is 8. The average molecular weight is 455 g/mol. The summed E-state index contributed by atoms with van der Waals surface area (Å²) in [6.45, 7) is 0.405. The van der Waals surface area contributed by atoms with E-state index < -0.39 is 92.2 Å². The lowest BCUT2D eigenvalue weighted by Gasteiger charge is -2.46. The van der Waals surface area contributed by atoms with Crippen LogP contribution in [0, 0.1) is 5.92 Å². The van der Waals surface area contributed by atoms with Gasteiger partial charge in [-0.05, 0) is 13.3 Å². The van der Waals surface area contributed by atoms with Crippen LogP contribution in [0.2, 0.25) is 0 Å². The first-order valence-electron chi connectivity index (χ1n) is 10.3. The summed E-state index contributed by atoms with van der Waals surface area (Å²) in [7, 11) is 0. The first kappa shape index (κ1) is 25.1. The molecule has 2 saturated heterocycles. The Labute approximate surface area is 178 Å². The lowest BCUT2D eigenvalue weighted by atomic mass is 9.97. The third-order valence-corrected chi connectivity index (χ3v) is 6.29. The fourth-order valence-electron chi connectivity index (χ4n) is 4.32. The Bertz CT molecular complexity index is 584. The molecule has 0 aromatic rings. The summed E-state index contributed by atoms with van der Waals surface area (Å²) in [5.41, 5.74) is 5.87. The van der Waals surface area contributed by atoms with Gasteiger partial charge in [-0.15, -0.1) is 0 Å². The fraction of sp³-hybridized carbons (Fsp3) is 1.00. The number of hydrogen-bond acceptors (Lipinski definition) is 13. The van der Waals surface area contributed by atoms with E-state index in [0.29, 0.717) is 0 Å². The monoisotopic (exact) mass is 455 g/mol. The van der Waals surface area contributed by atoms with Crippen LogP contribution in [0.5, 0.6) is 0 Å². The van der Waals surface area contributed by atoms with Gasteiger partial charge in [0.15, 0.2) is 12.6 Å². The number of nitrogens with two attached hydrogens (primary N) is 1. The molecule has 3 fully saturated rings. The zero-order valence-corrected chi connectivity index (χ0v) is 17.0. The largest absolute Gasteiger partial charge is 0.396 e. The minimum absolute atomic E-state index is 0.166. The van der Waals surface area contributed by atoms with E-state index in [1.807, 2.05) is 0 Å².